The molecule has 2 rings (SSSR count). The molecular formula is C13H17F3N2O3S. The normalized spacial score (nSPS) is 24.2. The number of nitrogens with zero attached hydrogens (tertiary/aromatic N) is 1. The highest BCUT2D eigenvalue weighted by Gasteiger charge is 2.33. The van der Waals surface area contributed by atoms with Crippen LogP contribution in [-0.4, -0.2) is 44.3 Å². The standard InChI is InChI=1S/C13H17F3N2O3S/c1-9-7-18(8-10(2)17-9)22(19,20)12-5-3-11(4-6-12)21-13(14,15)16/h3-6,9-10,17H,7-8H2,1-2H3. The third-order valence-electron chi connectivity index (χ3n) is 3.22. The van der Waals surface area contributed by atoms with Crippen LogP contribution in [0.15, 0.2) is 29.2 Å². The molecule has 0 bridgehead atoms. The molecular weight excluding hydrogens is 321 g/mol. The minimum Gasteiger partial charge on any atom is -0.406 e. The topological polar surface area (TPSA) is 58.6 Å². The van der Waals surface area contributed by atoms with E-state index >= 15 is 0 Å². The molecule has 0 radical (unpaired) electrons. The van der Waals surface area contributed by atoms with E-state index in [1.54, 1.807) is 0 Å². The number of benzene rings is 1. The van der Waals surface area contributed by atoms with Crippen molar-refractivity contribution in [3.63, 3.8) is 0 Å². The van der Waals surface area contributed by atoms with E-state index in [2.05, 4.69) is 10.1 Å². The van der Waals surface area contributed by atoms with Crippen LogP contribution < -0.4 is 10.1 Å². The van der Waals surface area contributed by atoms with Crippen LogP contribution in [0.4, 0.5) is 13.2 Å². The van der Waals surface area contributed by atoms with Gasteiger partial charge in [0.1, 0.15) is 5.75 Å². The van der Waals surface area contributed by atoms with E-state index in [1.165, 1.54) is 4.31 Å². The van der Waals surface area contributed by atoms with Crippen LogP contribution in [0.2, 0.25) is 0 Å². The molecule has 1 saturated heterocycles. The minimum atomic E-state index is -4.80. The van der Waals surface area contributed by atoms with Crippen molar-refractivity contribution < 1.29 is 26.3 Å². The maximum absolute atomic E-state index is 12.5. The smallest absolute Gasteiger partial charge is 0.406 e. The Bertz CT molecular complexity index is 606. The third kappa shape index (κ3) is 4.11. The lowest BCUT2D eigenvalue weighted by Crippen LogP contribution is -2.55. The van der Waals surface area contributed by atoms with Gasteiger partial charge in [-0.1, -0.05) is 0 Å². The molecule has 1 aliphatic heterocycles. The molecule has 22 heavy (non-hydrogen) atoms. The number of sulfonamides is 1. The van der Waals surface area contributed by atoms with E-state index in [-0.39, 0.29) is 17.0 Å². The van der Waals surface area contributed by atoms with Gasteiger partial charge in [-0.2, -0.15) is 4.31 Å². The zero-order valence-electron chi connectivity index (χ0n) is 12.1. The molecule has 9 heteroatoms. The summed E-state index contributed by atoms with van der Waals surface area (Å²) in [6.07, 6.45) is -4.80. The van der Waals surface area contributed by atoms with Crippen molar-refractivity contribution in [1.29, 1.82) is 0 Å². The van der Waals surface area contributed by atoms with Gasteiger partial charge in [0, 0.05) is 25.2 Å². The van der Waals surface area contributed by atoms with Gasteiger partial charge in [-0.25, -0.2) is 8.42 Å². The lowest BCUT2D eigenvalue weighted by molar-refractivity contribution is -0.274. The molecule has 5 nitrogen and oxygen atoms in total. The van der Waals surface area contributed by atoms with Gasteiger partial charge in [-0.3, -0.25) is 0 Å². The van der Waals surface area contributed by atoms with Gasteiger partial charge in [-0.05, 0) is 38.1 Å². The summed E-state index contributed by atoms with van der Waals surface area (Å²) in [5, 5.41) is 3.22. The van der Waals surface area contributed by atoms with Crippen LogP contribution in [0.1, 0.15) is 13.8 Å². The van der Waals surface area contributed by atoms with Crippen LogP contribution in [0.5, 0.6) is 5.75 Å². The Hall–Kier alpha value is -1.32. The van der Waals surface area contributed by atoms with Crippen molar-refractivity contribution in [3.8, 4) is 5.75 Å². The summed E-state index contributed by atoms with van der Waals surface area (Å²) in [6.45, 7) is 4.37. The first kappa shape index (κ1) is 17.0. The molecule has 0 aromatic heterocycles. The molecule has 2 atom stereocenters. The number of alkyl halides is 3. The number of halogens is 3. The quantitative estimate of drug-likeness (QED) is 0.915. The van der Waals surface area contributed by atoms with Gasteiger partial charge in [0.15, 0.2) is 0 Å². The van der Waals surface area contributed by atoms with E-state index < -0.39 is 22.1 Å². The predicted octanol–water partition coefficient (Wildman–Crippen LogP) is 1.96. The Labute approximate surface area is 127 Å². The Morgan fingerprint density at radius 1 is 1.14 bits per heavy atom. The fourth-order valence-corrected chi connectivity index (χ4v) is 4.05. The van der Waals surface area contributed by atoms with Crippen molar-refractivity contribution in [2.24, 2.45) is 0 Å². The first-order valence-corrected chi connectivity index (χ1v) is 8.14. The van der Waals surface area contributed by atoms with Crippen LogP contribution in [0.25, 0.3) is 0 Å². The fourth-order valence-electron chi connectivity index (χ4n) is 2.44. The van der Waals surface area contributed by atoms with Gasteiger partial charge in [0.2, 0.25) is 10.0 Å². The fraction of sp³-hybridized carbons (Fsp3) is 0.538. The van der Waals surface area contributed by atoms with E-state index in [1.807, 2.05) is 13.8 Å². The molecule has 124 valence electrons. The van der Waals surface area contributed by atoms with Crippen molar-refractivity contribution in [2.45, 2.75) is 37.2 Å². The summed E-state index contributed by atoms with van der Waals surface area (Å²) in [7, 11) is -3.73. The van der Waals surface area contributed by atoms with Crippen molar-refractivity contribution in [1.82, 2.24) is 9.62 Å². The number of ether oxygens (including phenoxy) is 1. The average Bonchev–Trinajstić information content (AvgIpc) is 2.36. The second-order valence-corrected chi connectivity index (χ2v) is 7.25. The molecule has 1 heterocycles. The van der Waals surface area contributed by atoms with Gasteiger partial charge in [0.25, 0.3) is 0 Å². The molecule has 1 aromatic rings. The van der Waals surface area contributed by atoms with Crippen molar-refractivity contribution >= 4 is 10.0 Å². The summed E-state index contributed by atoms with van der Waals surface area (Å²) in [5.74, 6) is -0.450. The number of hydrogen-bond acceptors (Lipinski definition) is 4. The molecule has 0 spiro atoms. The number of nitrogens with one attached hydrogen (secondary N) is 1. The molecule has 0 saturated carbocycles. The van der Waals surface area contributed by atoms with Crippen LogP contribution in [0, 0.1) is 0 Å². The number of piperazine rings is 1. The zero-order valence-corrected chi connectivity index (χ0v) is 12.9. The SMILES string of the molecule is CC1CN(S(=O)(=O)c2ccc(OC(F)(F)F)cc2)CC(C)N1. The molecule has 0 aliphatic carbocycles. The maximum atomic E-state index is 12.5. The first-order valence-electron chi connectivity index (χ1n) is 6.70. The molecule has 2 unspecified atom stereocenters. The maximum Gasteiger partial charge on any atom is 0.573 e. The minimum absolute atomic E-state index is 0.00589. The second-order valence-electron chi connectivity index (χ2n) is 5.31. The van der Waals surface area contributed by atoms with Crippen LogP contribution >= 0.6 is 0 Å². The Morgan fingerprint density at radius 2 is 1.64 bits per heavy atom. The van der Waals surface area contributed by atoms with Crippen LogP contribution in [-0.2, 0) is 10.0 Å². The van der Waals surface area contributed by atoms with Crippen LogP contribution in [0.3, 0.4) is 0 Å². The van der Waals surface area contributed by atoms with E-state index in [0.29, 0.717) is 13.1 Å². The summed E-state index contributed by atoms with van der Waals surface area (Å²) < 4.78 is 66.4. The highest BCUT2D eigenvalue weighted by Crippen LogP contribution is 2.25. The van der Waals surface area contributed by atoms with E-state index in [0.717, 1.165) is 24.3 Å². The molecule has 1 N–H and O–H groups in total. The number of hydrogen-bond donors (Lipinski definition) is 1. The van der Waals surface area contributed by atoms with Gasteiger partial charge in [0.05, 0.1) is 4.90 Å². The highest BCUT2D eigenvalue weighted by atomic mass is 32.2. The lowest BCUT2D eigenvalue weighted by Gasteiger charge is -2.35. The zero-order chi connectivity index (χ0) is 16.5. The monoisotopic (exact) mass is 338 g/mol. The first-order chi connectivity index (χ1) is 10.1. The Balaban J connectivity index is 2.19. The molecule has 1 fully saturated rings. The average molecular weight is 338 g/mol. The summed E-state index contributed by atoms with van der Waals surface area (Å²) >= 11 is 0. The summed E-state index contributed by atoms with van der Waals surface area (Å²) in [6, 6.07) is 4.24. The Morgan fingerprint density at radius 3 is 2.09 bits per heavy atom. The second kappa shape index (κ2) is 6.05. The largest absolute Gasteiger partial charge is 0.573 e. The van der Waals surface area contributed by atoms with E-state index in [4.69, 9.17) is 0 Å². The van der Waals surface area contributed by atoms with Gasteiger partial charge >= 0.3 is 6.36 Å². The Kier molecular flexibility index (Phi) is 4.69. The van der Waals surface area contributed by atoms with Crippen molar-refractivity contribution in [2.75, 3.05) is 13.1 Å². The summed E-state index contributed by atoms with van der Waals surface area (Å²) in [5.41, 5.74) is 0. The third-order valence-corrected chi connectivity index (χ3v) is 5.06. The van der Waals surface area contributed by atoms with Gasteiger partial charge in [-0.15, -0.1) is 13.2 Å². The molecule has 1 aromatic carbocycles. The summed E-state index contributed by atoms with van der Waals surface area (Å²) in [4.78, 5) is -0.0525. The van der Waals surface area contributed by atoms with Gasteiger partial charge < -0.3 is 10.1 Å². The molecule has 0 amide bonds. The van der Waals surface area contributed by atoms with E-state index in [9.17, 15) is 21.6 Å². The lowest BCUT2D eigenvalue weighted by atomic mass is 10.2. The predicted molar refractivity (Wildman–Crippen MR) is 73.9 cm³/mol. The molecule has 1 aliphatic rings. The number of rotatable bonds is 3. The van der Waals surface area contributed by atoms with Crippen molar-refractivity contribution in [3.05, 3.63) is 24.3 Å². The highest BCUT2D eigenvalue weighted by molar-refractivity contribution is 7.89.